The smallest absolute Gasteiger partial charge is 0.294 e. The van der Waals surface area contributed by atoms with E-state index in [0.29, 0.717) is 0 Å². The largest absolute Gasteiger partial charge is 0.388 e. The van der Waals surface area contributed by atoms with Crippen LogP contribution < -0.4 is 0 Å². The zero-order valence-corrected chi connectivity index (χ0v) is 6.38. The topological polar surface area (TPSA) is 94.8 Å². The molecule has 0 aliphatic rings. The van der Waals surface area contributed by atoms with Gasteiger partial charge in [0.05, 0.1) is 5.88 Å². The lowest BCUT2D eigenvalue weighted by atomic mass is 10.4. The number of aliphatic hydroxyl groups is 2. The Morgan fingerprint density at radius 1 is 1.40 bits per heavy atom. The predicted molar refractivity (Wildman–Crippen MR) is 34.3 cm³/mol. The molecule has 0 heterocycles. The number of aliphatic hydroxyl groups excluding tert-OH is 2. The molecule has 0 aliphatic carbocycles. The third-order valence-corrected chi connectivity index (χ3v) is 2.03. The molecule has 10 heavy (non-hydrogen) atoms. The molecule has 0 aromatic carbocycles. The van der Waals surface area contributed by atoms with E-state index in [9.17, 15) is 8.42 Å². The molecule has 0 aromatic rings. The lowest BCUT2D eigenvalue weighted by Crippen LogP contribution is -2.34. The predicted octanol–water partition coefficient (Wildman–Crippen LogP) is -1.21. The second kappa shape index (κ2) is 3.49. The summed E-state index contributed by atoms with van der Waals surface area (Å²) >= 11 is 4.97. The number of halogens is 1. The van der Waals surface area contributed by atoms with Crippen molar-refractivity contribution >= 4 is 21.7 Å². The summed E-state index contributed by atoms with van der Waals surface area (Å²) in [6, 6.07) is 0. The maximum atomic E-state index is 10.0. The van der Waals surface area contributed by atoms with Crippen LogP contribution in [0.15, 0.2) is 0 Å². The zero-order valence-electron chi connectivity index (χ0n) is 4.81. The highest BCUT2D eigenvalue weighted by Gasteiger charge is 2.27. The summed E-state index contributed by atoms with van der Waals surface area (Å²) in [6.07, 6.45) is -1.66. The molecule has 0 spiro atoms. The van der Waals surface area contributed by atoms with E-state index < -0.39 is 27.5 Å². The Morgan fingerprint density at radius 3 is 1.90 bits per heavy atom. The van der Waals surface area contributed by atoms with Gasteiger partial charge in [-0.1, -0.05) is 0 Å². The van der Waals surface area contributed by atoms with Crippen molar-refractivity contribution in [1.82, 2.24) is 0 Å². The van der Waals surface area contributed by atoms with Crippen molar-refractivity contribution in [3.63, 3.8) is 0 Å². The molecule has 62 valence electrons. The SMILES string of the molecule is O=S(=O)(O)[C@@H](O)C(O)CCl. The fraction of sp³-hybridized carbons (Fsp3) is 1.00. The van der Waals surface area contributed by atoms with Gasteiger partial charge in [-0.05, 0) is 0 Å². The van der Waals surface area contributed by atoms with Crippen LogP contribution in [-0.4, -0.2) is 40.6 Å². The van der Waals surface area contributed by atoms with Gasteiger partial charge in [0.15, 0.2) is 0 Å². The first-order valence-electron chi connectivity index (χ1n) is 2.28. The quantitative estimate of drug-likeness (QED) is 0.384. The number of rotatable bonds is 3. The van der Waals surface area contributed by atoms with Crippen molar-refractivity contribution in [3.05, 3.63) is 0 Å². The summed E-state index contributed by atoms with van der Waals surface area (Å²) in [7, 11) is -4.59. The van der Waals surface area contributed by atoms with Crippen LogP contribution in [0.25, 0.3) is 0 Å². The van der Waals surface area contributed by atoms with Crippen molar-refractivity contribution in [3.8, 4) is 0 Å². The molecule has 0 bridgehead atoms. The monoisotopic (exact) mass is 190 g/mol. The van der Waals surface area contributed by atoms with E-state index in [1.54, 1.807) is 0 Å². The van der Waals surface area contributed by atoms with Gasteiger partial charge in [-0.2, -0.15) is 8.42 Å². The van der Waals surface area contributed by atoms with Crippen LogP contribution in [0, 0.1) is 0 Å². The van der Waals surface area contributed by atoms with E-state index in [2.05, 4.69) is 0 Å². The van der Waals surface area contributed by atoms with Crippen molar-refractivity contribution in [2.24, 2.45) is 0 Å². The molecular formula is C3H7ClO5S. The molecule has 0 radical (unpaired) electrons. The number of alkyl halides is 1. The van der Waals surface area contributed by atoms with Crippen LogP contribution in [0.2, 0.25) is 0 Å². The summed E-state index contributed by atoms with van der Waals surface area (Å²) in [5, 5.41) is 17.0. The van der Waals surface area contributed by atoms with E-state index in [4.69, 9.17) is 26.4 Å². The van der Waals surface area contributed by atoms with Crippen LogP contribution in [0.3, 0.4) is 0 Å². The van der Waals surface area contributed by atoms with Gasteiger partial charge >= 0.3 is 0 Å². The molecule has 1 unspecified atom stereocenters. The molecule has 5 nitrogen and oxygen atoms in total. The number of hydrogen-bond acceptors (Lipinski definition) is 4. The van der Waals surface area contributed by atoms with E-state index >= 15 is 0 Å². The lowest BCUT2D eigenvalue weighted by molar-refractivity contribution is 0.0778. The Bertz CT molecular complexity index is 187. The Hall–Kier alpha value is 0.120. The fourth-order valence-corrected chi connectivity index (χ4v) is 1.04. The van der Waals surface area contributed by atoms with Crippen LogP contribution in [0.1, 0.15) is 0 Å². The van der Waals surface area contributed by atoms with Crippen molar-refractivity contribution in [2.75, 3.05) is 5.88 Å². The zero-order chi connectivity index (χ0) is 8.36. The van der Waals surface area contributed by atoms with E-state index in [0.717, 1.165) is 0 Å². The average molecular weight is 191 g/mol. The minimum atomic E-state index is -4.59. The third-order valence-electron chi connectivity index (χ3n) is 0.792. The van der Waals surface area contributed by atoms with E-state index in [-0.39, 0.29) is 0 Å². The first-order chi connectivity index (χ1) is 4.39. The summed E-state index contributed by atoms with van der Waals surface area (Å²) in [5.74, 6) is -0.457. The maximum absolute atomic E-state index is 10.0. The highest BCUT2D eigenvalue weighted by atomic mass is 35.5. The molecule has 0 amide bonds. The first-order valence-corrected chi connectivity index (χ1v) is 4.31. The van der Waals surface area contributed by atoms with Gasteiger partial charge < -0.3 is 10.2 Å². The molecule has 0 rings (SSSR count). The molecular weight excluding hydrogens is 184 g/mol. The van der Waals surface area contributed by atoms with Gasteiger partial charge in [-0.25, -0.2) is 0 Å². The standard InChI is InChI=1S/C3H7ClO5S/c4-1-2(5)3(6)10(7,8)9/h2-3,5-6H,1H2,(H,7,8,9)/t2?,3-/m1/s1. The molecule has 2 atom stereocenters. The molecule has 0 fully saturated rings. The normalized spacial score (nSPS) is 18.4. The Morgan fingerprint density at radius 2 is 1.80 bits per heavy atom. The van der Waals surface area contributed by atoms with E-state index in [1.807, 2.05) is 0 Å². The molecule has 7 heteroatoms. The molecule has 0 saturated heterocycles. The van der Waals surface area contributed by atoms with Crippen molar-refractivity contribution < 1.29 is 23.2 Å². The first kappa shape index (κ1) is 10.1. The average Bonchev–Trinajstić information content (AvgIpc) is 1.83. The van der Waals surface area contributed by atoms with Gasteiger partial charge in [-0.15, -0.1) is 11.6 Å². The minimum Gasteiger partial charge on any atom is -0.388 e. The number of hydrogen-bond donors (Lipinski definition) is 3. The van der Waals surface area contributed by atoms with Crippen LogP contribution in [0.4, 0.5) is 0 Å². The molecule has 0 aliphatic heterocycles. The van der Waals surface area contributed by atoms with Crippen molar-refractivity contribution in [2.45, 2.75) is 11.5 Å². The Kier molecular flexibility index (Phi) is 3.54. The van der Waals surface area contributed by atoms with Crippen LogP contribution >= 0.6 is 11.6 Å². The molecule has 0 aromatic heterocycles. The lowest BCUT2D eigenvalue weighted by Gasteiger charge is -2.10. The van der Waals surface area contributed by atoms with Crippen molar-refractivity contribution in [1.29, 1.82) is 0 Å². The maximum Gasteiger partial charge on any atom is 0.294 e. The van der Waals surface area contributed by atoms with E-state index in [1.165, 1.54) is 0 Å². The third kappa shape index (κ3) is 2.80. The molecule has 3 N–H and O–H groups in total. The van der Waals surface area contributed by atoms with Crippen LogP contribution in [0.5, 0.6) is 0 Å². The highest BCUT2D eigenvalue weighted by molar-refractivity contribution is 7.86. The van der Waals surface area contributed by atoms with Crippen LogP contribution in [-0.2, 0) is 10.1 Å². The van der Waals surface area contributed by atoms with Gasteiger partial charge in [0.1, 0.15) is 6.10 Å². The summed E-state index contributed by atoms with van der Waals surface area (Å²) in [5.41, 5.74) is -2.22. The minimum absolute atomic E-state index is 0.457. The van der Waals surface area contributed by atoms with Gasteiger partial charge in [0.25, 0.3) is 10.1 Å². The molecule has 0 saturated carbocycles. The summed E-state index contributed by atoms with van der Waals surface area (Å²) in [6.45, 7) is 0. The Labute approximate surface area is 63.0 Å². The second-order valence-electron chi connectivity index (χ2n) is 1.63. The fourth-order valence-electron chi connectivity index (χ4n) is 0.275. The van der Waals surface area contributed by atoms with Gasteiger partial charge in [0, 0.05) is 0 Å². The summed E-state index contributed by atoms with van der Waals surface area (Å²) < 4.78 is 28.1. The van der Waals surface area contributed by atoms with Gasteiger partial charge in [0.2, 0.25) is 5.44 Å². The summed E-state index contributed by atoms with van der Waals surface area (Å²) in [4.78, 5) is 0. The Balaban J connectivity index is 4.23. The second-order valence-corrected chi connectivity index (χ2v) is 3.45. The van der Waals surface area contributed by atoms with Gasteiger partial charge in [-0.3, -0.25) is 4.55 Å². The highest BCUT2D eigenvalue weighted by Crippen LogP contribution is 2.02.